The summed E-state index contributed by atoms with van der Waals surface area (Å²) < 4.78 is 4.29. The summed E-state index contributed by atoms with van der Waals surface area (Å²) in [5, 5.41) is 19.4. The van der Waals surface area contributed by atoms with Crippen molar-refractivity contribution in [1.29, 1.82) is 0 Å². The number of rotatable bonds is 6. The molecule has 0 amide bonds. The van der Waals surface area contributed by atoms with Gasteiger partial charge in [0.15, 0.2) is 0 Å². The van der Waals surface area contributed by atoms with Gasteiger partial charge in [-0.15, -0.1) is 0 Å². The number of fused-ring (bicyclic) bond motifs is 1. The molecule has 0 atom stereocenters. The van der Waals surface area contributed by atoms with Gasteiger partial charge in [0.2, 0.25) is 5.95 Å². The van der Waals surface area contributed by atoms with Gasteiger partial charge in [0.1, 0.15) is 0 Å². The van der Waals surface area contributed by atoms with Gasteiger partial charge in [0.05, 0.1) is 0 Å². The highest BCUT2D eigenvalue weighted by Crippen LogP contribution is 2.18. The standard InChI is InChI=1S/C17H23N5.C2H2O4/c1-20(2)10-11-22-8-6-15-12-14(4-5-16(15)22)13-19-17-18-7-9-21(17)3;3-1(4)2(5)6/h4-9,12H,10-11,13H2,1-3H3,(H,18,19);(H,3,4)(H,5,6). The van der Waals surface area contributed by atoms with Crippen molar-refractivity contribution in [2.45, 2.75) is 13.1 Å². The summed E-state index contributed by atoms with van der Waals surface area (Å²) in [6, 6.07) is 8.83. The van der Waals surface area contributed by atoms with Gasteiger partial charge in [-0.25, -0.2) is 14.6 Å². The molecule has 1 aromatic carbocycles. The molecular formula is C19H25N5O4. The lowest BCUT2D eigenvalue weighted by Gasteiger charge is -2.11. The summed E-state index contributed by atoms with van der Waals surface area (Å²) in [5.41, 5.74) is 2.56. The Balaban J connectivity index is 0.000000409. The average molecular weight is 387 g/mol. The Labute approximate surface area is 162 Å². The number of hydrogen-bond donors (Lipinski definition) is 3. The first-order valence-corrected chi connectivity index (χ1v) is 8.68. The van der Waals surface area contributed by atoms with Gasteiger partial charge in [-0.1, -0.05) is 6.07 Å². The van der Waals surface area contributed by atoms with Gasteiger partial charge < -0.3 is 29.6 Å². The number of anilines is 1. The summed E-state index contributed by atoms with van der Waals surface area (Å²) in [5.74, 6) is -2.76. The van der Waals surface area contributed by atoms with Gasteiger partial charge in [-0.2, -0.15) is 0 Å². The van der Waals surface area contributed by atoms with E-state index < -0.39 is 11.9 Å². The number of imidazole rings is 1. The first kappa shape index (κ1) is 21.0. The second-order valence-corrected chi connectivity index (χ2v) is 6.53. The van der Waals surface area contributed by atoms with E-state index in [9.17, 15) is 0 Å². The Bertz CT molecular complexity index is 933. The lowest BCUT2D eigenvalue weighted by atomic mass is 10.1. The first-order chi connectivity index (χ1) is 13.3. The minimum Gasteiger partial charge on any atom is -0.473 e. The van der Waals surface area contributed by atoms with E-state index in [0.717, 1.165) is 25.6 Å². The van der Waals surface area contributed by atoms with E-state index in [4.69, 9.17) is 19.8 Å². The zero-order valence-electron chi connectivity index (χ0n) is 16.2. The molecule has 2 heterocycles. The molecule has 0 aliphatic rings. The molecular weight excluding hydrogens is 362 g/mol. The molecule has 0 aliphatic heterocycles. The molecule has 3 N–H and O–H groups in total. The van der Waals surface area contributed by atoms with Gasteiger partial charge in [0, 0.05) is 50.8 Å². The highest BCUT2D eigenvalue weighted by atomic mass is 16.4. The van der Waals surface area contributed by atoms with Crippen molar-refractivity contribution in [2.75, 3.05) is 26.0 Å². The van der Waals surface area contributed by atoms with Crippen LogP contribution < -0.4 is 5.32 Å². The SMILES string of the molecule is CN(C)CCn1ccc2cc(CNc3nccn3C)ccc21.O=C(O)C(=O)O. The maximum absolute atomic E-state index is 9.10. The van der Waals surface area contributed by atoms with Crippen molar-refractivity contribution < 1.29 is 19.8 Å². The Morgan fingerprint density at radius 3 is 2.43 bits per heavy atom. The van der Waals surface area contributed by atoms with Crippen LogP contribution in [0.1, 0.15) is 5.56 Å². The van der Waals surface area contributed by atoms with Crippen LogP contribution in [-0.2, 0) is 29.7 Å². The molecule has 0 bridgehead atoms. The van der Waals surface area contributed by atoms with Gasteiger partial charge in [-0.3, -0.25) is 0 Å². The monoisotopic (exact) mass is 387 g/mol. The van der Waals surface area contributed by atoms with Crippen LogP contribution in [-0.4, -0.2) is 61.8 Å². The van der Waals surface area contributed by atoms with Crippen LogP contribution in [0.2, 0.25) is 0 Å². The summed E-state index contributed by atoms with van der Waals surface area (Å²) in [7, 11) is 6.20. The van der Waals surface area contributed by atoms with Crippen molar-refractivity contribution in [3.63, 3.8) is 0 Å². The molecule has 0 radical (unpaired) electrons. The number of benzene rings is 1. The Kier molecular flexibility index (Phi) is 7.16. The van der Waals surface area contributed by atoms with Crippen LogP contribution >= 0.6 is 0 Å². The predicted octanol–water partition coefficient (Wildman–Crippen LogP) is 1.70. The normalized spacial score (nSPS) is 10.6. The molecule has 150 valence electrons. The molecule has 3 rings (SSSR count). The quantitative estimate of drug-likeness (QED) is 0.552. The molecule has 28 heavy (non-hydrogen) atoms. The number of aromatic nitrogens is 3. The Hall–Kier alpha value is -3.33. The molecule has 9 nitrogen and oxygen atoms in total. The van der Waals surface area contributed by atoms with Crippen LogP contribution in [0.15, 0.2) is 42.9 Å². The summed E-state index contributed by atoms with van der Waals surface area (Å²) >= 11 is 0. The maximum atomic E-state index is 9.10. The van der Waals surface area contributed by atoms with Crippen molar-refractivity contribution >= 4 is 28.8 Å². The third-order valence-corrected chi connectivity index (χ3v) is 4.08. The summed E-state index contributed by atoms with van der Waals surface area (Å²) in [6.45, 7) is 2.84. The van der Waals surface area contributed by atoms with Crippen LogP contribution in [0.5, 0.6) is 0 Å². The van der Waals surface area contributed by atoms with E-state index in [1.54, 1.807) is 6.20 Å². The number of hydrogen-bond acceptors (Lipinski definition) is 5. The fourth-order valence-corrected chi connectivity index (χ4v) is 2.58. The van der Waals surface area contributed by atoms with E-state index >= 15 is 0 Å². The predicted molar refractivity (Wildman–Crippen MR) is 106 cm³/mol. The van der Waals surface area contributed by atoms with E-state index in [1.807, 2.05) is 17.8 Å². The summed E-state index contributed by atoms with van der Waals surface area (Å²) in [6.07, 6.45) is 5.91. The smallest absolute Gasteiger partial charge is 0.414 e. The number of nitrogens with one attached hydrogen (secondary N) is 1. The number of likely N-dealkylation sites (N-methyl/N-ethyl adjacent to an activating group) is 1. The highest BCUT2D eigenvalue weighted by Gasteiger charge is 2.05. The molecule has 0 aliphatic carbocycles. The number of aryl methyl sites for hydroxylation is 1. The molecule has 9 heteroatoms. The van der Waals surface area contributed by atoms with Gasteiger partial charge in [0.25, 0.3) is 0 Å². The minimum absolute atomic E-state index is 0.781. The molecule has 0 saturated heterocycles. The lowest BCUT2D eigenvalue weighted by Crippen LogP contribution is -2.17. The highest BCUT2D eigenvalue weighted by molar-refractivity contribution is 6.27. The van der Waals surface area contributed by atoms with E-state index in [-0.39, 0.29) is 0 Å². The van der Waals surface area contributed by atoms with E-state index in [2.05, 4.69) is 64.3 Å². The molecule has 2 aromatic heterocycles. The maximum Gasteiger partial charge on any atom is 0.414 e. The van der Waals surface area contributed by atoms with Crippen molar-refractivity contribution in [2.24, 2.45) is 7.05 Å². The van der Waals surface area contributed by atoms with E-state index in [1.165, 1.54) is 16.5 Å². The van der Waals surface area contributed by atoms with Gasteiger partial charge >= 0.3 is 11.9 Å². The molecule has 3 aromatic rings. The van der Waals surface area contributed by atoms with Crippen LogP contribution in [0.25, 0.3) is 10.9 Å². The Morgan fingerprint density at radius 2 is 1.86 bits per heavy atom. The zero-order valence-corrected chi connectivity index (χ0v) is 16.2. The largest absolute Gasteiger partial charge is 0.473 e. The van der Waals surface area contributed by atoms with Crippen molar-refractivity contribution in [3.8, 4) is 0 Å². The third kappa shape index (κ3) is 5.85. The third-order valence-electron chi connectivity index (χ3n) is 4.08. The second kappa shape index (κ2) is 9.56. The number of carboxylic acid groups (broad SMARTS) is 2. The topological polar surface area (TPSA) is 113 Å². The molecule has 0 fully saturated rings. The number of carboxylic acids is 2. The van der Waals surface area contributed by atoms with Crippen molar-refractivity contribution in [3.05, 3.63) is 48.4 Å². The lowest BCUT2D eigenvalue weighted by molar-refractivity contribution is -0.159. The fourth-order valence-electron chi connectivity index (χ4n) is 2.58. The van der Waals surface area contributed by atoms with Crippen LogP contribution in [0.3, 0.4) is 0 Å². The number of nitrogens with zero attached hydrogens (tertiary/aromatic N) is 4. The Morgan fingerprint density at radius 1 is 1.14 bits per heavy atom. The van der Waals surface area contributed by atoms with Crippen LogP contribution in [0.4, 0.5) is 5.95 Å². The van der Waals surface area contributed by atoms with Crippen LogP contribution in [0, 0.1) is 0 Å². The molecule has 0 unspecified atom stereocenters. The zero-order chi connectivity index (χ0) is 20.7. The van der Waals surface area contributed by atoms with E-state index in [0.29, 0.717) is 0 Å². The summed E-state index contributed by atoms with van der Waals surface area (Å²) in [4.78, 5) is 24.7. The minimum atomic E-state index is -1.82. The van der Waals surface area contributed by atoms with Gasteiger partial charge in [-0.05, 0) is 43.2 Å². The second-order valence-electron chi connectivity index (χ2n) is 6.53. The number of aliphatic carboxylic acids is 2. The first-order valence-electron chi connectivity index (χ1n) is 8.68. The van der Waals surface area contributed by atoms with Crippen molar-refractivity contribution in [1.82, 2.24) is 19.0 Å². The average Bonchev–Trinajstić information content (AvgIpc) is 3.24. The number of carbonyl (C=O) groups is 2. The molecule has 0 spiro atoms. The fraction of sp³-hybridized carbons (Fsp3) is 0.316. The molecule has 0 saturated carbocycles.